The highest BCUT2D eigenvalue weighted by Gasteiger charge is 2.33. The van der Waals surface area contributed by atoms with E-state index in [2.05, 4.69) is 15.6 Å². The summed E-state index contributed by atoms with van der Waals surface area (Å²) >= 11 is 6.28. The minimum atomic E-state index is -1.17. The number of rotatable bonds is 5. The monoisotopic (exact) mass is 501 g/mol. The lowest BCUT2D eigenvalue weighted by molar-refractivity contribution is -0.118. The number of amides is 1. The molecule has 0 unspecified atom stereocenters. The van der Waals surface area contributed by atoms with Crippen molar-refractivity contribution in [2.24, 2.45) is 4.99 Å². The Labute approximate surface area is 204 Å². The lowest BCUT2D eigenvalue weighted by Gasteiger charge is -2.28. The Balaban J connectivity index is 1.79. The van der Waals surface area contributed by atoms with Crippen LogP contribution in [0.25, 0.3) is 0 Å². The molecule has 0 radical (unpaired) electrons. The van der Waals surface area contributed by atoms with E-state index in [4.69, 9.17) is 11.6 Å². The van der Waals surface area contributed by atoms with E-state index in [0.717, 1.165) is 17.7 Å². The number of nitrogens with zero attached hydrogens (tertiary/aromatic N) is 1. The van der Waals surface area contributed by atoms with Gasteiger partial charge in [-0.15, -0.1) is 0 Å². The number of aliphatic imine (C=N–C) groups is 1. The molecule has 35 heavy (non-hydrogen) atoms. The van der Waals surface area contributed by atoms with Gasteiger partial charge in [-0.05, 0) is 31.5 Å². The van der Waals surface area contributed by atoms with Crippen molar-refractivity contribution in [2.45, 2.75) is 25.9 Å². The minimum Gasteiger partial charge on any atom is -0.346 e. The molecule has 1 amide bonds. The van der Waals surface area contributed by atoms with Crippen molar-refractivity contribution in [3.8, 4) is 0 Å². The van der Waals surface area contributed by atoms with Gasteiger partial charge in [-0.3, -0.25) is 9.79 Å². The third kappa shape index (κ3) is 5.07. The van der Waals surface area contributed by atoms with E-state index in [-0.39, 0.29) is 33.7 Å². The van der Waals surface area contributed by atoms with Crippen LogP contribution in [-0.2, 0) is 4.79 Å². The molecule has 0 saturated heterocycles. The van der Waals surface area contributed by atoms with Crippen LogP contribution < -0.4 is 10.6 Å². The largest absolute Gasteiger partial charge is 0.346 e. The Morgan fingerprint density at radius 3 is 2.29 bits per heavy atom. The summed E-state index contributed by atoms with van der Waals surface area (Å²) in [5.41, 5.74) is 0.908. The third-order valence-electron chi connectivity index (χ3n) is 5.63. The van der Waals surface area contributed by atoms with Crippen molar-refractivity contribution >= 4 is 23.3 Å². The van der Waals surface area contributed by atoms with E-state index in [1.54, 1.807) is 13.8 Å². The van der Waals surface area contributed by atoms with Gasteiger partial charge in [-0.25, -0.2) is 17.6 Å². The molecule has 0 spiro atoms. The van der Waals surface area contributed by atoms with E-state index < -0.39 is 40.8 Å². The summed E-state index contributed by atoms with van der Waals surface area (Å²) in [5, 5.41) is 5.63. The zero-order valence-electron chi connectivity index (χ0n) is 18.7. The standard InChI is InChI=1S/C26H20ClF4N3O/c1-13(15-6-4-3-5-7-15)33-26(35)22-14(2)32-25(23-20(30)11-17(29)12-21(23)31)34-24(22)18-9-8-16(28)10-19(18)27/h3-13,24H,1-2H3,(H,32,34)(H,33,35)/t13-,24+/m1/s1. The first-order valence-corrected chi connectivity index (χ1v) is 11.0. The zero-order valence-corrected chi connectivity index (χ0v) is 19.4. The molecule has 9 heteroatoms. The summed E-state index contributed by atoms with van der Waals surface area (Å²) < 4.78 is 56.2. The first-order valence-electron chi connectivity index (χ1n) is 10.7. The van der Waals surface area contributed by atoms with Gasteiger partial charge < -0.3 is 10.6 Å². The van der Waals surface area contributed by atoms with Gasteiger partial charge in [0.25, 0.3) is 5.91 Å². The second-order valence-electron chi connectivity index (χ2n) is 8.06. The molecule has 0 fully saturated rings. The van der Waals surface area contributed by atoms with Crippen LogP contribution in [-0.4, -0.2) is 11.7 Å². The normalized spacial score (nSPS) is 16.4. The van der Waals surface area contributed by atoms with E-state index >= 15 is 0 Å². The van der Waals surface area contributed by atoms with Gasteiger partial charge >= 0.3 is 0 Å². The maximum absolute atomic E-state index is 14.5. The van der Waals surface area contributed by atoms with Gasteiger partial charge in [0.1, 0.15) is 35.1 Å². The molecule has 1 aliphatic rings. The Bertz CT molecular complexity index is 1330. The molecule has 2 atom stereocenters. The Morgan fingerprint density at radius 2 is 1.66 bits per heavy atom. The van der Waals surface area contributed by atoms with Gasteiger partial charge in [0.15, 0.2) is 0 Å². The summed E-state index contributed by atoms with van der Waals surface area (Å²) in [4.78, 5) is 17.8. The fourth-order valence-corrected chi connectivity index (χ4v) is 4.18. The maximum Gasteiger partial charge on any atom is 0.251 e. The molecule has 1 aliphatic heterocycles. The highest BCUT2D eigenvalue weighted by Crippen LogP contribution is 2.36. The molecular formula is C26H20ClF4N3O. The van der Waals surface area contributed by atoms with Gasteiger partial charge in [-0.2, -0.15) is 0 Å². The van der Waals surface area contributed by atoms with Crippen molar-refractivity contribution in [3.63, 3.8) is 0 Å². The number of hydrogen-bond donors (Lipinski definition) is 2. The average molecular weight is 502 g/mol. The summed E-state index contributed by atoms with van der Waals surface area (Å²) in [6.45, 7) is 3.35. The lowest BCUT2D eigenvalue weighted by Crippen LogP contribution is -2.38. The molecule has 3 aromatic rings. The van der Waals surface area contributed by atoms with Gasteiger partial charge in [0.05, 0.1) is 17.2 Å². The Morgan fingerprint density at radius 1 is 1.00 bits per heavy atom. The van der Waals surface area contributed by atoms with E-state index in [1.165, 1.54) is 6.07 Å². The first kappa shape index (κ1) is 24.5. The molecule has 2 N–H and O–H groups in total. The van der Waals surface area contributed by atoms with Gasteiger partial charge in [-0.1, -0.05) is 48.0 Å². The topological polar surface area (TPSA) is 53.5 Å². The SMILES string of the molecule is CC1=C(C(=O)N[C@H](C)c2ccccc2)[C@H](c2ccc(F)cc2Cl)N=C(c2c(F)cc(F)cc2F)N1. The van der Waals surface area contributed by atoms with Crippen molar-refractivity contribution < 1.29 is 22.4 Å². The van der Waals surface area contributed by atoms with Crippen LogP contribution in [0.4, 0.5) is 17.6 Å². The Kier molecular flexibility index (Phi) is 6.93. The van der Waals surface area contributed by atoms with Crippen LogP contribution in [0, 0.1) is 23.3 Å². The molecule has 1 heterocycles. The zero-order chi connectivity index (χ0) is 25.3. The number of halogens is 5. The second kappa shape index (κ2) is 9.92. The van der Waals surface area contributed by atoms with Crippen molar-refractivity contribution in [1.29, 1.82) is 0 Å². The smallest absolute Gasteiger partial charge is 0.251 e. The Hall–Kier alpha value is -3.65. The molecule has 4 rings (SSSR count). The van der Waals surface area contributed by atoms with Crippen LogP contribution in [0.2, 0.25) is 5.02 Å². The van der Waals surface area contributed by atoms with E-state index in [9.17, 15) is 22.4 Å². The maximum atomic E-state index is 14.5. The summed E-state index contributed by atoms with van der Waals surface area (Å²) in [6, 6.07) is 12.4. The molecule has 0 bridgehead atoms. The van der Waals surface area contributed by atoms with Crippen LogP contribution >= 0.6 is 11.6 Å². The first-order chi connectivity index (χ1) is 16.7. The molecule has 3 aromatic carbocycles. The number of hydrogen-bond acceptors (Lipinski definition) is 3. The fourth-order valence-electron chi connectivity index (χ4n) is 3.91. The van der Waals surface area contributed by atoms with Crippen LogP contribution in [0.15, 0.2) is 76.9 Å². The number of carbonyl (C=O) groups is 1. The summed E-state index contributed by atoms with van der Waals surface area (Å²) in [5.74, 6) is -4.78. The van der Waals surface area contributed by atoms with Crippen molar-refractivity contribution in [3.05, 3.63) is 117 Å². The molecule has 0 aromatic heterocycles. The van der Waals surface area contributed by atoms with E-state index in [0.29, 0.717) is 12.1 Å². The third-order valence-corrected chi connectivity index (χ3v) is 5.96. The average Bonchev–Trinajstić information content (AvgIpc) is 2.78. The molecular weight excluding hydrogens is 482 g/mol. The van der Waals surface area contributed by atoms with Crippen molar-refractivity contribution in [2.75, 3.05) is 0 Å². The second-order valence-corrected chi connectivity index (χ2v) is 8.47. The van der Waals surface area contributed by atoms with Crippen molar-refractivity contribution in [1.82, 2.24) is 10.6 Å². The quantitative estimate of drug-likeness (QED) is 0.413. The van der Waals surface area contributed by atoms with Crippen LogP contribution in [0.3, 0.4) is 0 Å². The predicted octanol–water partition coefficient (Wildman–Crippen LogP) is 6.14. The number of amidine groups is 1. The number of benzene rings is 3. The van der Waals surface area contributed by atoms with Crippen LogP contribution in [0.5, 0.6) is 0 Å². The molecule has 0 saturated carbocycles. The highest BCUT2D eigenvalue weighted by atomic mass is 35.5. The van der Waals surface area contributed by atoms with E-state index in [1.807, 2.05) is 30.3 Å². The summed E-state index contributed by atoms with van der Waals surface area (Å²) in [7, 11) is 0. The lowest BCUT2D eigenvalue weighted by atomic mass is 9.94. The molecule has 4 nitrogen and oxygen atoms in total. The summed E-state index contributed by atoms with van der Waals surface area (Å²) in [6.07, 6.45) is 0. The van der Waals surface area contributed by atoms with Gasteiger partial charge in [0.2, 0.25) is 0 Å². The highest BCUT2D eigenvalue weighted by molar-refractivity contribution is 6.31. The van der Waals surface area contributed by atoms with Gasteiger partial charge in [0, 0.05) is 28.4 Å². The molecule has 180 valence electrons. The predicted molar refractivity (Wildman–Crippen MR) is 126 cm³/mol. The minimum absolute atomic E-state index is 0.0192. The number of allylic oxidation sites excluding steroid dienone is 1. The fraction of sp³-hybridized carbons (Fsp3) is 0.154. The number of carbonyl (C=O) groups excluding carboxylic acids is 1. The molecule has 0 aliphatic carbocycles. The number of nitrogens with one attached hydrogen (secondary N) is 2. The van der Waals surface area contributed by atoms with Crippen LogP contribution in [0.1, 0.15) is 42.6 Å².